The number of allylic oxidation sites excluding steroid dienone is 3. The lowest BCUT2D eigenvalue weighted by Gasteiger charge is -1.96. The van der Waals surface area contributed by atoms with Gasteiger partial charge in [-0.2, -0.15) is 0 Å². The Kier molecular flexibility index (Phi) is 10.8. The maximum atomic E-state index is 3.43. The molecule has 0 N–H and O–H groups in total. The molecular formula is C15H26. The second-order valence-electron chi connectivity index (χ2n) is 3.93. The fraction of sp³-hybridized carbons (Fsp3) is 0.667. The van der Waals surface area contributed by atoms with Crippen LogP contribution in [-0.4, -0.2) is 0 Å². The number of unbranched alkanes of at least 4 members (excludes halogenated alkanes) is 3. The lowest BCUT2D eigenvalue weighted by molar-refractivity contribution is 0.795. The second-order valence-corrected chi connectivity index (χ2v) is 3.93. The van der Waals surface area contributed by atoms with Gasteiger partial charge in [0.05, 0.1) is 0 Å². The van der Waals surface area contributed by atoms with Crippen LogP contribution in [0.15, 0.2) is 29.5 Å². The molecule has 0 nitrogen and oxygen atoms in total. The standard InChI is InChI=1S/C15H26/c1-4-7-10-11-14-15(12-8-5-2)13-9-6-3/h8,11-12H,4-7,9-10,13H2,1-3H3/b12-8+. The van der Waals surface area contributed by atoms with Crippen LogP contribution in [0.25, 0.3) is 0 Å². The average Bonchev–Trinajstić information content (AvgIpc) is 2.27. The van der Waals surface area contributed by atoms with Crippen molar-refractivity contribution in [3.8, 4) is 0 Å². The first-order valence-electron chi connectivity index (χ1n) is 6.45. The summed E-state index contributed by atoms with van der Waals surface area (Å²) in [4.78, 5) is 0. The Morgan fingerprint density at radius 3 is 2.40 bits per heavy atom. The van der Waals surface area contributed by atoms with Crippen LogP contribution in [0.2, 0.25) is 0 Å². The van der Waals surface area contributed by atoms with Crippen molar-refractivity contribution in [2.75, 3.05) is 0 Å². The number of hydrogen-bond acceptors (Lipinski definition) is 0. The quantitative estimate of drug-likeness (QED) is 0.283. The summed E-state index contributed by atoms with van der Waals surface area (Å²) in [5.74, 6) is 0. The van der Waals surface area contributed by atoms with E-state index in [-0.39, 0.29) is 0 Å². The molecule has 0 aromatic rings. The first-order valence-corrected chi connectivity index (χ1v) is 6.45. The van der Waals surface area contributed by atoms with Gasteiger partial charge in [-0.25, -0.2) is 0 Å². The van der Waals surface area contributed by atoms with E-state index in [0.29, 0.717) is 0 Å². The molecule has 0 saturated heterocycles. The summed E-state index contributed by atoms with van der Waals surface area (Å²) in [7, 11) is 0. The molecule has 0 heteroatoms. The molecule has 0 aromatic heterocycles. The lowest BCUT2D eigenvalue weighted by atomic mass is 10.1. The van der Waals surface area contributed by atoms with Crippen molar-refractivity contribution in [2.24, 2.45) is 0 Å². The van der Waals surface area contributed by atoms with Gasteiger partial charge in [0.2, 0.25) is 0 Å². The Bertz CT molecular complexity index is 214. The van der Waals surface area contributed by atoms with Crippen molar-refractivity contribution >= 4 is 0 Å². The monoisotopic (exact) mass is 206 g/mol. The summed E-state index contributed by atoms with van der Waals surface area (Å²) in [6.45, 7) is 6.64. The minimum Gasteiger partial charge on any atom is -0.122 e. The molecule has 0 aliphatic heterocycles. The van der Waals surface area contributed by atoms with Gasteiger partial charge >= 0.3 is 0 Å². The number of rotatable bonds is 8. The molecule has 0 bridgehead atoms. The first kappa shape index (κ1) is 14.3. The summed E-state index contributed by atoms with van der Waals surface area (Å²) in [6.07, 6.45) is 15.2. The average molecular weight is 206 g/mol. The van der Waals surface area contributed by atoms with E-state index in [1.165, 1.54) is 44.1 Å². The summed E-state index contributed by atoms with van der Waals surface area (Å²) in [6, 6.07) is 0. The van der Waals surface area contributed by atoms with Crippen LogP contribution in [0, 0.1) is 0 Å². The minimum absolute atomic E-state index is 1.12. The Morgan fingerprint density at radius 2 is 1.80 bits per heavy atom. The summed E-state index contributed by atoms with van der Waals surface area (Å²) < 4.78 is 0. The van der Waals surface area contributed by atoms with Crippen molar-refractivity contribution in [2.45, 2.75) is 65.7 Å². The minimum atomic E-state index is 1.12. The van der Waals surface area contributed by atoms with Crippen molar-refractivity contribution in [3.63, 3.8) is 0 Å². The van der Waals surface area contributed by atoms with Gasteiger partial charge in [0, 0.05) is 0 Å². The molecule has 0 atom stereocenters. The zero-order chi connectivity index (χ0) is 11.4. The van der Waals surface area contributed by atoms with Gasteiger partial charge in [0.15, 0.2) is 0 Å². The lowest BCUT2D eigenvalue weighted by Crippen LogP contribution is -1.77. The number of hydrogen-bond donors (Lipinski definition) is 0. The summed E-state index contributed by atoms with van der Waals surface area (Å²) in [5, 5.41) is 0. The third kappa shape index (κ3) is 9.56. The molecule has 0 radical (unpaired) electrons. The largest absolute Gasteiger partial charge is 0.122 e. The van der Waals surface area contributed by atoms with Crippen LogP contribution < -0.4 is 0 Å². The van der Waals surface area contributed by atoms with E-state index in [0.717, 1.165) is 6.42 Å². The highest BCUT2D eigenvalue weighted by atomic mass is 13.9. The maximum Gasteiger partial charge on any atom is -0.00669 e. The van der Waals surface area contributed by atoms with E-state index in [1.54, 1.807) is 0 Å². The highest BCUT2D eigenvalue weighted by molar-refractivity contribution is 5.17. The van der Waals surface area contributed by atoms with Crippen molar-refractivity contribution in [3.05, 3.63) is 29.5 Å². The Hall–Kier alpha value is -0.740. The molecule has 0 amide bonds. The highest BCUT2D eigenvalue weighted by Gasteiger charge is 1.89. The van der Waals surface area contributed by atoms with Gasteiger partial charge in [-0.1, -0.05) is 45.8 Å². The van der Waals surface area contributed by atoms with E-state index < -0.39 is 0 Å². The van der Waals surface area contributed by atoms with Gasteiger partial charge in [0.25, 0.3) is 0 Å². The van der Waals surface area contributed by atoms with E-state index in [4.69, 9.17) is 0 Å². The van der Waals surface area contributed by atoms with Crippen molar-refractivity contribution in [1.82, 2.24) is 0 Å². The molecular weight excluding hydrogens is 180 g/mol. The SMILES string of the molecule is CC/C=C/C(=C=CCCCC)CCCC. The Labute approximate surface area is 95.8 Å². The molecule has 86 valence electrons. The maximum absolute atomic E-state index is 3.43. The van der Waals surface area contributed by atoms with Crippen LogP contribution in [0.4, 0.5) is 0 Å². The zero-order valence-electron chi connectivity index (χ0n) is 10.7. The van der Waals surface area contributed by atoms with Crippen molar-refractivity contribution in [1.29, 1.82) is 0 Å². The summed E-state index contributed by atoms with van der Waals surface area (Å²) in [5.41, 5.74) is 4.80. The van der Waals surface area contributed by atoms with Crippen LogP contribution in [0.3, 0.4) is 0 Å². The Balaban J connectivity index is 4.18. The van der Waals surface area contributed by atoms with Gasteiger partial charge in [-0.3, -0.25) is 0 Å². The van der Waals surface area contributed by atoms with Gasteiger partial charge in [0.1, 0.15) is 0 Å². The molecule has 0 fully saturated rings. The van der Waals surface area contributed by atoms with E-state index in [1.807, 2.05) is 0 Å². The Morgan fingerprint density at radius 1 is 1.07 bits per heavy atom. The normalized spacial score (nSPS) is 10.3. The van der Waals surface area contributed by atoms with Gasteiger partial charge in [-0.05, 0) is 43.8 Å². The molecule has 0 heterocycles. The predicted octanol–water partition coefficient (Wildman–Crippen LogP) is 5.41. The third-order valence-corrected chi connectivity index (χ3v) is 2.34. The van der Waals surface area contributed by atoms with Crippen LogP contribution >= 0.6 is 0 Å². The van der Waals surface area contributed by atoms with Crippen molar-refractivity contribution < 1.29 is 0 Å². The topological polar surface area (TPSA) is 0 Å². The predicted molar refractivity (Wildman–Crippen MR) is 70.1 cm³/mol. The van der Waals surface area contributed by atoms with E-state index >= 15 is 0 Å². The molecule has 0 rings (SSSR count). The van der Waals surface area contributed by atoms with Crippen LogP contribution in [0.1, 0.15) is 65.7 Å². The van der Waals surface area contributed by atoms with Gasteiger partial charge in [-0.15, -0.1) is 5.73 Å². The fourth-order valence-corrected chi connectivity index (χ4v) is 1.34. The van der Waals surface area contributed by atoms with Crippen LogP contribution in [-0.2, 0) is 0 Å². The molecule has 0 unspecified atom stereocenters. The summed E-state index contributed by atoms with van der Waals surface area (Å²) >= 11 is 0. The smallest absolute Gasteiger partial charge is 0.00669 e. The molecule has 0 aliphatic carbocycles. The van der Waals surface area contributed by atoms with Gasteiger partial charge < -0.3 is 0 Å². The third-order valence-electron chi connectivity index (χ3n) is 2.34. The van der Waals surface area contributed by atoms with E-state index in [2.05, 4.69) is 44.7 Å². The molecule has 15 heavy (non-hydrogen) atoms. The molecule has 0 spiro atoms. The fourth-order valence-electron chi connectivity index (χ4n) is 1.34. The van der Waals surface area contributed by atoms with E-state index in [9.17, 15) is 0 Å². The zero-order valence-corrected chi connectivity index (χ0v) is 10.7. The molecule has 0 saturated carbocycles. The highest BCUT2D eigenvalue weighted by Crippen LogP contribution is 2.08. The van der Waals surface area contributed by atoms with Crippen LogP contribution in [0.5, 0.6) is 0 Å². The first-order chi connectivity index (χ1) is 7.35. The second kappa shape index (κ2) is 11.3. The molecule has 0 aromatic carbocycles. The molecule has 0 aliphatic rings.